The van der Waals surface area contributed by atoms with Crippen molar-refractivity contribution in [1.82, 2.24) is 4.90 Å². The van der Waals surface area contributed by atoms with E-state index >= 15 is 0 Å². The van der Waals surface area contributed by atoms with E-state index in [1.54, 1.807) is 11.3 Å². The van der Waals surface area contributed by atoms with Crippen molar-refractivity contribution >= 4 is 23.2 Å². The Morgan fingerprint density at radius 2 is 2.09 bits per heavy atom. The molecule has 23 heavy (non-hydrogen) atoms. The van der Waals surface area contributed by atoms with Crippen molar-refractivity contribution in [1.29, 1.82) is 0 Å². The number of piperidine rings is 1. The highest BCUT2D eigenvalue weighted by Crippen LogP contribution is 2.34. The maximum absolute atomic E-state index is 12.6. The number of hydrogen-bond donors (Lipinski definition) is 1. The smallest absolute Gasteiger partial charge is 0.309 e. The Balaban J connectivity index is 1.56. The highest BCUT2D eigenvalue weighted by molar-refractivity contribution is 7.10. The summed E-state index contributed by atoms with van der Waals surface area (Å²) in [6, 6.07) is 3.98. The van der Waals surface area contributed by atoms with Gasteiger partial charge in [0.1, 0.15) is 0 Å². The lowest BCUT2D eigenvalue weighted by Crippen LogP contribution is -2.44. The second kappa shape index (κ2) is 7.01. The van der Waals surface area contributed by atoms with E-state index in [-0.39, 0.29) is 29.8 Å². The fourth-order valence-corrected chi connectivity index (χ4v) is 4.50. The van der Waals surface area contributed by atoms with Gasteiger partial charge in [0.25, 0.3) is 0 Å². The Morgan fingerprint density at radius 1 is 1.35 bits per heavy atom. The summed E-state index contributed by atoms with van der Waals surface area (Å²) in [7, 11) is 0. The standard InChI is InChI=1S/C17H23NO4S/c1-11(14-3-2-10-23-14)16(19)18-7-4-12(5-8-18)15-13(17(20)21)6-9-22-15/h2-3,10-13,15H,4-9H2,1H3,(H,20,21)/t11?,13?,15-/m0/s1. The van der Waals surface area contributed by atoms with Crippen LogP contribution in [0.4, 0.5) is 0 Å². The van der Waals surface area contributed by atoms with Crippen LogP contribution in [0.5, 0.6) is 0 Å². The third-order valence-electron chi connectivity index (χ3n) is 5.11. The number of thiophene rings is 1. The SMILES string of the molecule is CC(C(=O)N1CCC([C@@H]2OCCC2C(=O)O)CC1)c1cccs1. The first-order valence-electron chi connectivity index (χ1n) is 8.24. The van der Waals surface area contributed by atoms with E-state index in [9.17, 15) is 14.7 Å². The predicted molar refractivity (Wildman–Crippen MR) is 87.5 cm³/mol. The van der Waals surface area contributed by atoms with E-state index in [0.717, 1.165) is 17.7 Å². The number of ether oxygens (including phenoxy) is 1. The van der Waals surface area contributed by atoms with Crippen molar-refractivity contribution in [2.45, 2.75) is 38.2 Å². The van der Waals surface area contributed by atoms with Crippen LogP contribution < -0.4 is 0 Å². The molecule has 1 amide bonds. The van der Waals surface area contributed by atoms with Gasteiger partial charge in [0, 0.05) is 24.6 Å². The fourth-order valence-electron chi connectivity index (χ4n) is 3.72. The van der Waals surface area contributed by atoms with E-state index in [1.807, 2.05) is 29.3 Å². The molecule has 2 unspecified atom stereocenters. The Hall–Kier alpha value is -1.40. The second-order valence-corrected chi connectivity index (χ2v) is 7.45. The van der Waals surface area contributed by atoms with Crippen LogP contribution in [0.15, 0.2) is 17.5 Å². The Labute approximate surface area is 140 Å². The lowest BCUT2D eigenvalue weighted by Gasteiger charge is -2.36. The summed E-state index contributed by atoms with van der Waals surface area (Å²) >= 11 is 1.62. The third-order valence-corrected chi connectivity index (χ3v) is 6.16. The molecule has 2 aliphatic rings. The van der Waals surface area contributed by atoms with Crippen LogP contribution in [0.25, 0.3) is 0 Å². The molecule has 1 N–H and O–H groups in total. The number of amides is 1. The number of likely N-dealkylation sites (tertiary alicyclic amines) is 1. The Bertz CT molecular complexity index is 551. The number of aliphatic carboxylic acids is 1. The van der Waals surface area contributed by atoms with Crippen molar-refractivity contribution in [2.75, 3.05) is 19.7 Å². The minimum absolute atomic E-state index is 0.0963. The molecule has 0 aromatic carbocycles. The van der Waals surface area contributed by atoms with E-state index in [4.69, 9.17) is 4.74 Å². The maximum atomic E-state index is 12.6. The Kier molecular flexibility index (Phi) is 5.02. The molecule has 2 aliphatic heterocycles. The lowest BCUT2D eigenvalue weighted by molar-refractivity contribution is -0.146. The maximum Gasteiger partial charge on any atom is 0.309 e. The van der Waals surface area contributed by atoms with E-state index in [1.165, 1.54) is 0 Å². The van der Waals surface area contributed by atoms with Crippen molar-refractivity contribution in [3.63, 3.8) is 0 Å². The van der Waals surface area contributed by atoms with Gasteiger partial charge in [0.2, 0.25) is 5.91 Å². The molecule has 0 aliphatic carbocycles. The minimum atomic E-state index is -0.752. The number of rotatable bonds is 4. The molecule has 0 radical (unpaired) electrons. The van der Waals surface area contributed by atoms with Gasteiger partial charge in [-0.1, -0.05) is 6.07 Å². The average molecular weight is 337 g/mol. The summed E-state index contributed by atoms with van der Waals surface area (Å²) in [5.74, 6) is -0.807. The lowest BCUT2D eigenvalue weighted by atomic mass is 9.84. The zero-order valence-electron chi connectivity index (χ0n) is 13.3. The number of carboxylic acids is 1. The molecular weight excluding hydrogens is 314 g/mol. The molecule has 3 heterocycles. The summed E-state index contributed by atoms with van der Waals surface area (Å²) in [6.45, 7) is 3.90. The van der Waals surface area contributed by atoms with Crippen molar-refractivity contribution in [3.05, 3.63) is 22.4 Å². The first kappa shape index (κ1) is 16.5. The van der Waals surface area contributed by atoms with Crippen LogP contribution in [0.2, 0.25) is 0 Å². The number of nitrogens with zero attached hydrogens (tertiary/aromatic N) is 1. The Morgan fingerprint density at radius 3 is 2.70 bits per heavy atom. The predicted octanol–water partition coefficient (Wildman–Crippen LogP) is 2.58. The average Bonchev–Trinajstić information content (AvgIpc) is 3.24. The van der Waals surface area contributed by atoms with Crippen molar-refractivity contribution in [3.8, 4) is 0 Å². The topological polar surface area (TPSA) is 66.8 Å². The van der Waals surface area contributed by atoms with Crippen LogP contribution in [0, 0.1) is 11.8 Å². The van der Waals surface area contributed by atoms with Crippen LogP contribution in [-0.4, -0.2) is 47.7 Å². The van der Waals surface area contributed by atoms with Gasteiger partial charge in [0.15, 0.2) is 0 Å². The number of carbonyl (C=O) groups is 2. The molecule has 3 rings (SSSR count). The fraction of sp³-hybridized carbons (Fsp3) is 0.647. The van der Waals surface area contributed by atoms with Gasteiger partial charge >= 0.3 is 5.97 Å². The van der Waals surface area contributed by atoms with Gasteiger partial charge in [-0.3, -0.25) is 9.59 Å². The van der Waals surface area contributed by atoms with Gasteiger partial charge < -0.3 is 14.7 Å². The number of carbonyl (C=O) groups excluding carboxylic acids is 1. The van der Waals surface area contributed by atoms with Crippen LogP contribution in [-0.2, 0) is 14.3 Å². The number of hydrogen-bond acceptors (Lipinski definition) is 4. The highest BCUT2D eigenvalue weighted by atomic mass is 32.1. The molecule has 0 spiro atoms. The molecule has 6 heteroatoms. The summed E-state index contributed by atoms with van der Waals surface area (Å²) in [6.07, 6.45) is 2.09. The number of carboxylic acid groups (broad SMARTS) is 1. The molecule has 5 nitrogen and oxygen atoms in total. The van der Waals surface area contributed by atoms with Crippen molar-refractivity contribution < 1.29 is 19.4 Å². The van der Waals surface area contributed by atoms with Gasteiger partial charge in [-0.05, 0) is 43.6 Å². The second-order valence-electron chi connectivity index (χ2n) is 6.47. The molecular formula is C17H23NO4S. The van der Waals surface area contributed by atoms with Crippen LogP contribution in [0.3, 0.4) is 0 Å². The summed E-state index contributed by atoms with van der Waals surface area (Å²) in [5.41, 5.74) is 0. The summed E-state index contributed by atoms with van der Waals surface area (Å²) in [5, 5.41) is 11.3. The zero-order valence-corrected chi connectivity index (χ0v) is 14.1. The largest absolute Gasteiger partial charge is 0.481 e. The van der Waals surface area contributed by atoms with Gasteiger partial charge in [-0.25, -0.2) is 0 Å². The first-order valence-corrected chi connectivity index (χ1v) is 9.12. The van der Waals surface area contributed by atoms with Gasteiger partial charge in [-0.2, -0.15) is 0 Å². The normalized spacial score (nSPS) is 27.1. The monoisotopic (exact) mass is 337 g/mol. The minimum Gasteiger partial charge on any atom is -0.481 e. The molecule has 2 fully saturated rings. The van der Waals surface area contributed by atoms with Gasteiger partial charge in [0.05, 0.1) is 17.9 Å². The van der Waals surface area contributed by atoms with E-state index in [0.29, 0.717) is 26.1 Å². The zero-order chi connectivity index (χ0) is 16.4. The molecule has 126 valence electrons. The third kappa shape index (κ3) is 3.43. The van der Waals surface area contributed by atoms with Crippen LogP contribution in [0.1, 0.15) is 37.0 Å². The summed E-state index contributed by atoms with van der Waals surface area (Å²) in [4.78, 5) is 26.9. The van der Waals surface area contributed by atoms with Crippen LogP contribution >= 0.6 is 11.3 Å². The van der Waals surface area contributed by atoms with E-state index in [2.05, 4.69) is 0 Å². The summed E-state index contributed by atoms with van der Waals surface area (Å²) < 4.78 is 5.69. The quantitative estimate of drug-likeness (QED) is 0.917. The molecule has 3 atom stereocenters. The molecule has 1 aromatic heterocycles. The van der Waals surface area contributed by atoms with E-state index < -0.39 is 5.97 Å². The molecule has 1 aromatic rings. The molecule has 2 saturated heterocycles. The highest BCUT2D eigenvalue weighted by Gasteiger charge is 2.41. The molecule has 0 saturated carbocycles. The van der Waals surface area contributed by atoms with Crippen molar-refractivity contribution in [2.24, 2.45) is 11.8 Å². The first-order chi connectivity index (χ1) is 11.1. The molecule has 0 bridgehead atoms. The van der Waals surface area contributed by atoms with Gasteiger partial charge in [-0.15, -0.1) is 11.3 Å².